The van der Waals surface area contributed by atoms with E-state index in [-0.39, 0.29) is 29.8 Å². The quantitative estimate of drug-likeness (QED) is 0.608. The highest BCUT2D eigenvalue weighted by molar-refractivity contribution is 5.97. The minimum absolute atomic E-state index is 0.127. The molecule has 34 heavy (non-hydrogen) atoms. The Kier molecular flexibility index (Phi) is 4.45. The number of carbonyl (C=O) groups excluding carboxylic acids is 1. The highest BCUT2D eigenvalue weighted by Gasteiger charge is 2.61. The predicted molar refractivity (Wildman–Crippen MR) is 116 cm³/mol. The average molecular weight is 469 g/mol. The molecule has 0 radical (unpaired) electrons. The van der Waals surface area contributed by atoms with E-state index in [0.29, 0.717) is 29.6 Å². The molecule has 3 fully saturated rings. The average Bonchev–Trinajstić information content (AvgIpc) is 3.13. The van der Waals surface area contributed by atoms with Crippen LogP contribution in [0.5, 0.6) is 0 Å². The van der Waals surface area contributed by atoms with Crippen molar-refractivity contribution in [3.63, 3.8) is 0 Å². The minimum Gasteiger partial charge on any atom is -0.383 e. The zero-order valence-electron chi connectivity index (χ0n) is 18.4. The molecule has 7 rings (SSSR count). The van der Waals surface area contributed by atoms with E-state index in [0.717, 1.165) is 48.0 Å². The Morgan fingerprint density at radius 3 is 2.62 bits per heavy atom. The summed E-state index contributed by atoms with van der Waals surface area (Å²) in [5.74, 6) is 0.742. The third-order valence-corrected chi connectivity index (χ3v) is 7.45. The maximum atomic E-state index is 13.7. The molecule has 0 unspecified atom stereocenters. The lowest BCUT2D eigenvalue weighted by atomic mass is 9.49. The van der Waals surface area contributed by atoms with Gasteiger partial charge >= 0.3 is 6.18 Å². The maximum Gasteiger partial charge on any atom is 0.417 e. The summed E-state index contributed by atoms with van der Waals surface area (Å²) < 4.78 is 44.5. The van der Waals surface area contributed by atoms with Crippen molar-refractivity contribution in [1.82, 2.24) is 19.9 Å². The van der Waals surface area contributed by atoms with Crippen LogP contribution in [0.3, 0.4) is 0 Å². The normalized spacial score (nSPS) is 24.9. The van der Waals surface area contributed by atoms with Crippen LogP contribution in [0.2, 0.25) is 0 Å². The fraction of sp³-hybridized carbons (Fsp3) is 0.417. The number of hydrogen-bond acceptors (Lipinski definition) is 6. The molecule has 2 bridgehead atoms. The van der Waals surface area contributed by atoms with Gasteiger partial charge in [-0.15, -0.1) is 0 Å². The number of pyridine rings is 3. The summed E-state index contributed by atoms with van der Waals surface area (Å²) >= 11 is 0. The lowest BCUT2D eigenvalue weighted by Gasteiger charge is -2.66. The molecule has 4 aliphatic rings. The predicted octanol–water partition coefficient (Wildman–Crippen LogP) is 4.41. The van der Waals surface area contributed by atoms with Crippen LogP contribution in [0.25, 0.3) is 10.9 Å². The Balaban J connectivity index is 1.35. The Hall–Kier alpha value is -3.27. The second-order valence-corrected chi connectivity index (χ2v) is 9.56. The molecule has 3 aliphatic carbocycles. The van der Waals surface area contributed by atoms with E-state index in [2.05, 4.69) is 15.0 Å². The number of carbonyl (C=O) groups is 1. The lowest BCUT2D eigenvalue weighted by Crippen LogP contribution is -2.69. The van der Waals surface area contributed by atoms with Crippen LogP contribution in [0.1, 0.15) is 65.2 Å². The summed E-state index contributed by atoms with van der Waals surface area (Å²) in [6.45, 7) is 2.41. The molecule has 0 saturated heterocycles. The number of aromatic nitrogens is 3. The smallest absolute Gasteiger partial charge is 0.383 e. The summed E-state index contributed by atoms with van der Waals surface area (Å²) in [7, 11) is 0. The Bertz CT molecular complexity index is 1310. The molecule has 0 spiro atoms. The van der Waals surface area contributed by atoms with E-state index >= 15 is 0 Å². The first-order valence-electron chi connectivity index (χ1n) is 11.2. The molecule has 1 atom stereocenters. The monoisotopic (exact) mass is 469 g/mol. The molecule has 3 aromatic heterocycles. The number of amides is 1. The third kappa shape index (κ3) is 3.15. The zero-order valence-corrected chi connectivity index (χ0v) is 18.4. The van der Waals surface area contributed by atoms with Gasteiger partial charge in [-0.1, -0.05) is 0 Å². The van der Waals surface area contributed by atoms with Crippen LogP contribution in [0.15, 0.2) is 30.6 Å². The van der Waals surface area contributed by atoms with Gasteiger partial charge in [-0.3, -0.25) is 9.78 Å². The van der Waals surface area contributed by atoms with Crippen molar-refractivity contribution in [2.24, 2.45) is 5.92 Å². The van der Waals surface area contributed by atoms with Gasteiger partial charge < -0.3 is 15.4 Å². The molecular formula is C24H22F3N5O2. The fourth-order valence-corrected chi connectivity index (χ4v) is 5.49. The van der Waals surface area contributed by atoms with E-state index < -0.39 is 11.7 Å². The number of nitrogens with zero attached hydrogens (tertiary/aromatic N) is 4. The summed E-state index contributed by atoms with van der Waals surface area (Å²) in [6.07, 6.45) is 0.405. The van der Waals surface area contributed by atoms with Crippen LogP contribution in [0.4, 0.5) is 19.0 Å². The van der Waals surface area contributed by atoms with Gasteiger partial charge in [-0.05, 0) is 55.9 Å². The maximum absolute atomic E-state index is 13.7. The van der Waals surface area contributed by atoms with E-state index in [1.807, 2.05) is 6.92 Å². The zero-order chi connectivity index (χ0) is 23.8. The first-order chi connectivity index (χ1) is 16.1. The Morgan fingerprint density at radius 1 is 1.24 bits per heavy atom. The van der Waals surface area contributed by atoms with Gasteiger partial charge in [0.1, 0.15) is 11.5 Å². The van der Waals surface area contributed by atoms with Gasteiger partial charge in [0.25, 0.3) is 5.91 Å². The molecule has 10 heteroatoms. The van der Waals surface area contributed by atoms with E-state index in [9.17, 15) is 18.0 Å². The molecule has 7 nitrogen and oxygen atoms in total. The summed E-state index contributed by atoms with van der Waals surface area (Å²) in [4.78, 5) is 28.2. The van der Waals surface area contributed by atoms with Crippen molar-refractivity contribution in [2.75, 3.05) is 5.73 Å². The second kappa shape index (κ2) is 7.11. The number of alkyl halides is 3. The first kappa shape index (κ1) is 21.3. The van der Waals surface area contributed by atoms with Gasteiger partial charge in [-0.2, -0.15) is 13.2 Å². The van der Waals surface area contributed by atoms with Crippen LogP contribution in [-0.2, 0) is 24.1 Å². The fourth-order valence-electron chi connectivity index (χ4n) is 5.49. The number of nitrogens with two attached hydrogens (primary N) is 1. The molecule has 2 N–H and O–H groups in total. The molecule has 176 valence electrons. The van der Waals surface area contributed by atoms with Crippen LogP contribution >= 0.6 is 0 Å². The molecular weight excluding hydrogens is 447 g/mol. The van der Waals surface area contributed by atoms with Crippen LogP contribution < -0.4 is 5.73 Å². The minimum atomic E-state index is -4.46. The van der Waals surface area contributed by atoms with Crippen molar-refractivity contribution in [3.05, 3.63) is 58.7 Å². The van der Waals surface area contributed by atoms with Gasteiger partial charge in [-0.25, -0.2) is 9.97 Å². The van der Waals surface area contributed by atoms with Crippen LogP contribution in [0, 0.1) is 5.92 Å². The number of nitrogen functional groups attached to an aromatic ring is 1. The van der Waals surface area contributed by atoms with Crippen LogP contribution in [-0.4, -0.2) is 31.3 Å². The first-order valence-corrected chi connectivity index (χ1v) is 11.2. The van der Waals surface area contributed by atoms with E-state index in [1.165, 1.54) is 6.07 Å². The van der Waals surface area contributed by atoms with Crippen molar-refractivity contribution in [1.29, 1.82) is 0 Å². The van der Waals surface area contributed by atoms with Crippen molar-refractivity contribution in [3.8, 4) is 0 Å². The second-order valence-electron chi connectivity index (χ2n) is 9.56. The molecule has 1 aliphatic heterocycles. The van der Waals surface area contributed by atoms with Gasteiger partial charge in [0, 0.05) is 22.7 Å². The largest absolute Gasteiger partial charge is 0.417 e. The van der Waals surface area contributed by atoms with Gasteiger partial charge in [0.15, 0.2) is 0 Å². The number of anilines is 1. The van der Waals surface area contributed by atoms with E-state index in [1.54, 1.807) is 17.2 Å². The van der Waals surface area contributed by atoms with E-state index in [4.69, 9.17) is 10.5 Å². The molecule has 3 saturated carbocycles. The third-order valence-electron chi connectivity index (χ3n) is 7.45. The van der Waals surface area contributed by atoms with Crippen molar-refractivity contribution >= 4 is 22.6 Å². The standard InChI is InChI=1S/C24H22F3N5O2/c1-12-20-17(11-34-12)16-4-18(30-9-19(16)31-21(20)28)22(33)32(23-5-13(6-23)7-23)10-15-3-2-14(8-29-15)24(25,26)27/h2-4,8-9,12-13H,5-7,10-11H2,1H3,(H2,28,31)/t12-,13?,23?/m0/s1. The van der Waals surface area contributed by atoms with Crippen molar-refractivity contribution < 1.29 is 22.7 Å². The molecule has 0 aromatic carbocycles. The highest BCUT2D eigenvalue weighted by atomic mass is 19.4. The number of fused-ring (bicyclic) bond motifs is 3. The summed E-state index contributed by atoms with van der Waals surface area (Å²) in [5.41, 5.74) is 8.03. The molecule has 1 amide bonds. The number of rotatable bonds is 4. The summed E-state index contributed by atoms with van der Waals surface area (Å²) in [6, 6.07) is 4.06. The van der Waals surface area contributed by atoms with Gasteiger partial charge in [0.05, 0.1) is 42.2 Å². The van der Waals surface area contributed by atoms with Crippen molar-refractivity contribution in [2.45, 2.75) is 57.2 Å². The lowest BCUT2D eigenvalue weighted by molar-refractivity contribution is -0.138. The number of halogens is 3. The SMILES string of the molecule is C[C@@H]1OCc2c1c(N)nc1cnc(C(=O)N(Cc3ccc(C(F)(F)F)cn3)C34CC(C3)C4)cc21. The highest BCUT2D eigenvalue weighted by Crippen LogP contribution is 2.61. The topological polar surface area (TPSA) is 94.2 Å². The Morgan fingerprint density at radius 2 is 2.00 bits per heavy atom. The summed E-state index contributed by atoms with van der Waals surface area (Å²) in [5, 5.41) is 0.775. The molecule has 4 heterocycles. The van der Waals surface area contributed by atoms with Gasteiger partial charge in [0.2, 0.25) is 0 Å². The number of hydrogen-bond donors (Lipinski definition) is 1. The number of ether oxygens (including phenoxy) is 1. The Labute approximate surface area is 193 Å². The molecule has 3 aromatic rings.